The van der Waals surface area contributed by atoms with Crippen LogP contribution in [0.4, 0.5) is 0 Å². The Labute approximate surface area is 88.5 Å². The van der Waals surface area contributed by atoms with Gasteiger partial charge in [-0.2, -0.15) is 0 Å². The third-order valence-electron chi connectivity index (χ3n) is 2.72. The molecule has 86 valence electrons. The molecule has 1 saturated carbocycles. The van der Waals surface area contributed by atoms with Gasteiger partial charge in [0, 0.05) is 6.04 Å². The van der Waals surface area contributed by atoms with E-state index in [-0.39, 0.29) is 12.5 Å². The van der Waals surface area contributed by atoms with Crippen molar-refractivity contribution >= 4 is 11.9 Å². The highest BCUT2D eigenvalue weighted by atomic mass is 16.4. The fourth-order valence-electron chi connectivity index (χ4n) is 1.95. The van der Waals surface area contributed by atoms with E-state index in [1.165, 1.54) is 6.42 Å². The zero-order valence-corrected chi connectivity index (χ0v) is 8.61. The summed E-state index contributed by atoms with van der Waals surface area (Å²) in [6, 6.07) is -0.787. The maximum absolute atomic E-state index is 10.8. The Hall–Kier alpha value is -1.10. The summed E-state index contributed by atoms with van der Waals surface area (Å²) in [7, 11) is 0. The van der Waals surface area contributed by atoms with Crippen LogP contribution in [0, 0.1) is 0 Å². The van der Waals surface area contributed by atoms with E-state index in [0.29, 0.717) is 0 Å². The van der Waals surface area contributed by atoms with Crippen molar-refractivity contribution in [2.75, 3.05) is 0 Å². The van der Waals surface area contributed by atoms with Crippen molar-refractivity contribution < 1.29 is 19.8 Å². The van der Waals surface area contributed by atoms with E-state index in [4.69, 9.17) is 10.2 Å². The second kappa shape index (κ2) is 5.70. The van der Waals surface area contributed by atoms with Crippen molar-refractivity contribution in [3.05, 3.63) is 0 Å². The van der Waals surface area contributed by atoms with E-state index in [1.54, 1.807) is 0 Å². The Morgan fingerprint density at radius 1 is 1.20 bits per heavy atom. The van der Waals surface area contributed by atoms with Gasteiger partial charge in [-0.3, -0.25) is 9.59 Å². The fraction of sp³-hybridized carbons (Fsp3) is 0.800. The number of nitrogens with one attached hydrogen (secondary N) is 1. The molecule has 1 rings (SSSR count). The lowest BCUT2D eigenvalue weighted by molar-refractivity contribution is -0.146. The highest BCUT2D eigenvalue weighted by Gasteiger charge is 2.24. The van der Waals surface area contributed by atoms with Gasteiger partial charge in [0.15, 0.2) is 0 Å². The maximum atomic E-state index is 10.8. The molecule has 1 fully saturated rings. The first-order chi connectivity index (χ1) is 7.09. The highest BCUT2D eigenvalue weighted by Crippen LogP contribution is 2.18. The van der Waals surface area contributed by atoms with Gasteiger partial charge >= 0.3 is 11.9 Å². The smallest absolute Gasteiger partial charge is 0.321 e. The van der Waals surface area contributed by atoms with Gasteiger partial charge in [0.2, 0.25) is 0 Å². The van der Waals surface area contributed by atoms with Crippen LogP contribution in [0.15, 0.2) is 0 Å². The molecule has 0 aromatic carbocycles. The van der Waals surface area contributed by atoms with E-state index in [2.05, 4.69) is 5.32 Å². The standard InChI is InChI=1S/C10H17NO4/c12-9(13)6-8(10(14)15)11-7-4-2-1-3-5-7/h7-8,11H,1-6H2,(H,12,13)(H,14,15)/t8-/m1/s1. The van der Waals surface area contributed by atoms with E-state index < -0.39 is 18.0 Å². The third-order valence-corrected chi connectivity index (χ3v) is 2.72. The number of hydrogen-bond donors (Lipinski definition) is 3. The van der Waals surface area contributed by atoms with E-state index >= 15 is 0 Å². The van der Waals surface area contributed by atoms with Crippen molar-refractivity contribution in [3.63, 3.8) is 0 Å². The van der Waals surface area contributed by atoms with Crippen LogP contribution in [0.3, 0.4) is 0 Å². The van der Waals surface area contributed by atoms with Gasteiger partial charge in [-0.25, -0.2) is 0 Å². The van der Waals surface area contributed by atoms with Crippen molar-refractivity contribution in [2.24, 2.45) is 0 Å². The van der Waals surface area contributed by atoms with E-state index in [1.807, 2.05) is 0 Å². The number of carbonyl (C=O) groups is 2. The molecule has 0 amide bonds. The van der Waals surface area contributed by atoms with Gasteiger partial charge in [-0.1, -0.05) is 19.3 Å². The first kappa shape index (κ1) is 12.0. The molecule has 1 aliphatic carbocycles. The quantitative estimate of drug-likeness (QED) is 0.632. The van der Waals surface area contributed by atoms with E-state index in [0.717, 1.165) is 25.7 Å². The molecule has 0 radical (unpaired) electrons. The molecule has 0 heterocycles. The summed E-state index contributed by atoms with van der Waals surface area (Å²) in [5.41, 5.74) is 0. The summed E-state index contributed by atoms with van der Waals surface area (Å²) in [4.78, 5) is 21.2. The van der Waals surface area contributed by atoms with Crippen LogP contribution >= 0.6 is 0 Å². The zero-order valence-electron chi connectivity index (χ0n) is 8.61. The molecule has 5 heteroatoms. The number of aliphatic carboxylic acids is 2. The predicted octanol–water partition coefficient (Wildman–Crippen LogP) is 0.837. The summed E-state index contributed by atoms with van der Waals surface area (Å²) < 4.78 is 0. The van der Waals surface area contributed by atoms with Crippen LogP contribution in [0.1, 0.15) is 38.5 Å². The Kier molecular flexibility index (Phi) is 4.55. The van der Waals surface area contributed by atoms with Gasteiger partial charge < -0.3 is 15.5 Å². The van der Waals surface area contributed by atoms with Crippen LogP contribution < -0.4 is 5.32 Å². The molecule has 0 unspecified atom stereocenters. The van der Waals surface area contributed by atoms with Crippen molar-refractivity contribution in [1.29, 1.82) is 0 Å². The normalized spacial score (nSPS) is 19.7. The minimum atomic E-state index is -1.08. The summed E-state index contributed by atoms with van der Waals surface area (Å²) in [6.45, 7) is 0. The first-order valence-corrected chi connectivity index (χ1v) is 5.30. The van der Waals surface area contributed by atoms with Crippen molar-refractivity contribution in [2.45, 2.75) is 50.6 Å². The molecular formula is C10H17NO4. The average molecular weight is 215 g/mol. The molecular weight excluding hydrogens is 198 g/mol. The summed E-state index contributed by atoms with van der Waals surface area (Å²) in [5, 5.41) is 20.3. The number of carboxylic acid groups (broad SMARTS) is 2. The van der Waals surface area contributed by atoms with Gasteiger partial charge in [0.1, 0.15) is 6.04 Å². The average Bonchev–Trinajstić information content (AvgIpc) is 2.17. The molecule has 0 aliphatic heterocycles. The molecule has 15 heavy (non-hydrogen) atoms. The Morgan fingerprint density at radius 2 is 1.80 bits per heavy atom. The predicted molar refractivity (Wildman–Crippen MR) is 53.7 cm³/mol. The topological polar surface area (TPSA) is 86.6 Å². The lowest BCUT2D eigenvalue weighted by atomic mass is 9.94. The lowest BCUT2D eigenvalue weighted by Crippen LogP contribution is -2.45. The first-order valence-electron chi connectivity index (χ1n) is 5.30. The van der Waals surface area contributed by atoms with Gasteiger partial charge in [0.25, 0.3) is 0 Å². The molecule has 5 nitrogen and oxygen atoms in total. The van der Waals surface area contributed by atoms with Crippen LogP contribution in [0.2, 0.25) is 0 Å². The minimum Gasteiger partial charge on any atom is -0.481 e. The molecule has 0 spiro atoms. The monoisotopic (exact) mass is 215 g/mol. The molecule has 1 aliphatic rings. The van der Waals surface area contributed by atoms with Crippen LogP contribution in [0.25, 0.3) is 0 Å². The van der Waals surface area contributed by atoms with Crippen LogP contribution in [0.5, 0.6) is 0 Å². The minimum absolute atomic E-state index is 0.166. The van der Waals surface area contributed by atoms with Gasteiger partial charge in [0.05, 0.1) is 6.42 Å². The largest absolute Gasteiger partial charge is 0.481 e. The van der Waals surface area contributed by atoms with Crippen molar-refractivity contribution in [1.82, 2.24) is 5.32 Å². The highest BCUT2D eigenvalue weighted by molar-refractivity contribution is 5.80. The molecule has 1 atom stereocenters. The number of carboxylic acids is 2. The van der Waals surface area contributed by atoms with Crippen LogP contribution in [-0.4, -0.2) is 34.2 Å². The lowest BCUT2D eigenvalue weighted by Gasteiger charge is -2.25. The number of rotatable bonds is 5. The SMILES string of the molecule is O=C(O)C[C@@H](NC1CCCCC1)C(=O)O. The second-order valence-electron chi connectivity index (χ2n) is 3.99. The molecule has 0 bridgehead atoms. The molecule has 0 aromatic rings. The van der Waals surface area contributed by atoms with Gasteiger partial charge in [-0.15, -0.1) is 0 Å². The summed E-state index contributed by atoms with van der Waals surface area (Å²) in [5.74, 6) is -2.16. The molecule has 0 aromatic heterocycles. The molecule has 3 N–H and O–H groups in total. The van der Waals surface area contributed by atoms with Crippen LogP contribution in [-0.2, 0) is 9.59 Å². The zero-order chi connectivity index (χ0) is 11.3. The third kappa shape index (κ3) is 4.29. The summed E-state index contributed by atoms with van der Waals surface area (Å²) in [6.07, 6.45) is 4.92. The fourth-order valence-corrected chi connectivity index (χ4v) is 1.95. The van der Waals surface area contributed by atoms with Gasteiger partial charge in [-0.05, 0) is 12.8 Å². The van der Waals surface area contributed by atoms with E-state index in [9.17, 15) is 9.59 Å². The number of hydrogen-bond acceptors (Lipinski definition) is 3. The maximum Gasteiger partial charge on any atom is 0.321 e. The molecule has 0 saturated heterocycles. The Morgan fingerprint density at radius 3 is 2.27 bits per heavy atom. The Balaban J connectivity index is 2.42. The second-order valence-corrected chi connectivity index (χ2v) is 3.99. The Bertz CT molecular complexity index is 236. The van der Waals surface area contributed by atoms with Crippen molar-refractivity contribution in [3.8, 4) is 0 Å². The summed E-state index contributed by atoms with van der Waals surface area (Å²) >= 11 is 0.